The lowest BCUT2D eigenvalue weighted by molar-refractivity contribution is 0.508. The maximum absolute atomic E-state index is 14.1. The first kappa shape index (κ1) is 20.6. The Balaban J connectivity index is 1.77. The molecule has 3 rings (SSSR count). The number of rotatable bonds is 5. The summed E-state index contributed by atoms with van der Waals surface area (Å²) in [6.45, 7) is 2.19. The van der Waals surface area contributed by atoms with E-state index in [2.05, 4.69) is 60.2 Å². The molecule has 0 saturated carbocycles. The van der Waals surface area contributed by atoms with Crippen LogP contribution < -0.4 is 0 Å². The lowest BCUT2D eigenvalue weighted by atomic mass is 10.0. The van der Waals surface area contributed by atoms with E-state index in [1.54, 1.807) is 0 Å². The largest absolute Gasteiger partial charge is 0.202 e. The summed E-state index contributed by atoms with van der Waals surface area (Å²) < 4.78 is 28.0. The number of aryl methyl sites for hydroxylation is 1. The third-order valence-electron chi connectivity index (χ3n) is 4.56. The Morgan fingerprint density at radius 1 is 0.828 bits per heavy atom. The number of isothiocyanates is 1. The molecule has 0 unspecified atom stereocenters. The van der Waals surface area contributed by atoms with Gasteiger partial charge in [-0.05, 0) is 66.0 Å². The second-order valence-electron chi connectivity index (χ2n) is 6.59. The van der Waals surface area contributed by atoms with Crippen LogP contribution in [-0.4, -0.2) is 5.16 Å². The fourth-order valence-electron chi connectivity index (χ4n) is 2.90. The van der Waals surface area contributed by atoms with Gasteiger partial charge < -0.3 is 0 Å². The highest BCUT2D eigenvalue weighted by Crippen LogP contribution is 2.23. The van der Waals surface area contributed by atoms with Crippen molar-refractivity contribution in [3.05, 3.63) is 89.0 Å². The normalized spacial score (nSPS) is 10.0. The van der Waals surface area contributed by atoms with Gasteiger partial charge in [0.1, 0.15) is 5.69 Å². The Bertz CT molecular complexity index is 1100. The van der Waals surface area contributed by atoms with Crippen molar-refractivity contribution in [2.45, 2.75) is 26.2 Å². The molecule has 0 aliphatic rings. The molecular weight excluding hydrogens is 384 g/mol. The zero-order valence-electron chi connectivity index (χ0n) is 16.0. The SMILES string of the molecule is CCCCc1ccc(-c2ccc(C#Cc3ccc(N=C=S)c(F)c3F)cc2)cc1. The van der Waals surface area contributed by atoms with E-state index in [4.69, 9.17) is 0 Å². The van der Waals surface area contributed by atoms with E-state index >= 15 is 0 Å². The third kappa shape index (κ3) is 5.23. The Kier molecular flexibility index (Phi) is 7.03. The van der Waals surface area contributed by atoms with Crippen LogP contribution in [0.3, 0.4) is 0 Å². The van der Waals surface area contributed by atoms with Gasteiger partial charge in [0.05, 0.1) is 10.7 Å². The average Bonchev–Trinajstić information content (AvgIpc) is 2.76. The molecule has 0 aromatic heterocycles. The second-order valence-corrected chi connectivity index (χ2v) is 6.77. The van der Waals surface area contributed by atoms with Crippen LogP contribution in [0.4, 0.5) is 14.5 Å². The molecule has 4 heteroatoms. The van der Waals surface area contributed by atoms with Gasteiger partial charge in [-0.1, -0.05) is 61.6 Å². The number of aliphatic imine (C=N–C) groups is 1. The molecule has 29 heavy (non-hydrogen) atoms. The first-order valence-electron chi connectivity index (χ1n) is 9.39. The number of benzene rings is 3. The number of nitrogens with zero attached hydrogens (tertiary/aromatic N) is 1. The van der Waals surface area contributed by atoms with Gasteiger partial charge in [0.15, 0.2) is 11.6 Å². The topological polar surface area (TPSA) is 12.4 Å². The van der Waals surface area contributed by atoms with Crippen LogP contribution in [0.25, 0.3) is 11.1 Å². The van der Waals surface area contributed by atoms with Crippen molar-refractivity contribution in [3.63, 3.8) is 0 Å². The molecule has 0 radical (unpaired) electrons. The van der Waals surface area contributed by atoms with Gasteiger partial charge in [-0.15, -0.1) is 0 Å². The van der Waals surface area contributed by atoms with Crippen molar-refractivity contribution < 1.29 is 8.78 Å². The van der Waals surface area contributed by atoms with Gasteiger partial charge in [0, 0.05) is 5.56 Å². The van der Waals surface area contributed by atoms with E-state index in [9.17, 15) is 8.78 Å². The molecule has 144 valence electrons. The van der Waals surface area contributed by atoms with Gasteiger partial charge in [-0.25, -0.2) is 8.78 Å². The van der Waals surface area contributed by atoms with Gasteiger partial charge in [-0.2, -0.15) is 4.99 Å². The zero-order valence-corrected chi connectivity index (χ0v) is 16.8. The van der Waals surface area contributed by atoms with Crippen molar-refractivity contribution in [2.24, 2.45) is 4.99 Å². The summed E-state index contributed by atoms with van der Waals surface area (Å²) >= 11 is 4.42. The van der Waals surface area contributed by atoms with Gasteiger partial charge in [0.2, 0.25) is 0 Å². The summed E-state index contributed by atoms with van der Waals surface area (Å²) in [6.07, 6.45) is 3.48. The number of hydrogen-bond donors (Lipinski definition) is 0. The minimum Gasteiger partial charge on any atom is -0.202 e. The molecular formula is C25H19F2NS. The molecule has 0 saturated heterocycles. The van der Waals surface area contributed by atoms with E-state index in [0.29, 0.717) is 5.56 Å². The first-order chi connectivity index (χ1) is 14.1. The summed E-state index contributed by atoms with van der Waals surface area (Å²) in [5.74, 6) is 3.43. The molecule has 3 aromatic carbocycles. The minimum atomic E-state index is -1.08. The van der Waals surface area contributed by atoms with Crippen molar-refractivity contribution in [1.82, 2.24) is 0 Å². The molecule has 0 amide bonds. The lowest BCUT2D eigenvalue weighted by Gasteiger charge is -2.04. The fourth-order valence-corrected chi connectivity index (χ4v) is 3.00. The number of halogens is 2. The van der Waals surface area contributed by atoms with E-state index in [0.717, 1.165) is 17.5 Å². The second kappa shape index (κ2) is 9.89. The summed E-state index contributed by atoms with van der Waals surface area (Å²) in [6, 6.07) is 18.9. The van der Waals surface area contributed by atoms with Crippen molar-refractivity contribution >= 4 is 23.1 Å². The van der Waals surface area contributed by atoms with Crippen molar-refractivity contribution in [2.75, 3.05) is 0 Å². The van der Waals surface area contributed by atoms with E-state index in [-0.39, 0.29) is 11.3 Å². The van der Waals surface area contributed by atoms with Crippen LogP contribution in [-0.2, 0) is 6.42 Å². The van der Waals surface area contributed by atoms with Crippen molar-refractivity contribution in [1.29, 1.82) is 0 Å². The predicted octanol–water partition coefficient (Wildman–Crippen LogP) is 7.11. The highest BCUT2D eigenvalue weighted by Gasteiger charge is 2.11. The highest BCUT2D eigenvalue weighted by molar-refractivity contribution is 7.78. The smallest absolute Gasteiger partial charge is 0.186 e. The Morgan fingerprint density at radius 2 is 1.48 bits per heavy atom. The maximum atomic E-state index is 14.1. The summed E-state index contributed by atoms with van der Waals surface area (Å²) in [5.41, 5.74) is 4.05. The van der Waals surface area contributed by atoms with E-state index < -0.39 is 11.6 Å². The molecule has 3 aromatic rings. The quantitative estimate of drug-likeness (QED) is 0.251. The Labute approximate surface area is 175 Å². The standard InChI is InChI=1S/C25H19F2NS/c1-2-3-4-18-5-10-20(11-6-18)21-12-7-19(8-13-21)9-14-22-15-16-23(28-17-29)25(27)24(22)26/h5-8,10-13,15-16H,2-4H2,1H3. The molecule has 0 fully saturated rings. The monoisotopic (exact) mass is 403 g/mol. The molecule has 0 heterocycles. The molecule has 0 aliphatic carbocycles. The van der Waals surface area contributed by atoms with E-state index in [1.165, 1.54) is 30.5 Å². The molecule has 0 atom stereocenters. The van der Waals surface area contributed by atoms with Crippen molar-refractivity contribution in [3.8, 4) is 23.0 Å². The van der Waals surface area contributed by atoms with Crippen LogP contribution in [0, 0.1) is 23.5 Å². The zero-order chi connectivity index (χ0) is 20.6. The van der Waals surface area contributed by atoms with Crippen LogP contribution in [0.5, 0.6) is 0 Å². The molecule has 0 aliphatic heterocycles. The molecule has 1 nitrogen and oxygen atoms in total. The first-order valence-corrected chi connectivity index (χ1v) is 9.80. The average molecular weight is 403 g/mol. The van der Waals surface area contributed by atoms with Gasteiger partial charge >= 0.3 is 0 Å². The highest BCUT2D eigenvalue weighted by atomic mass is 32.1. The van der Waals surface area contributed by atoms with Gasteiger partial charge in [0.25, 0.3) is 0 Å². The Hall–Kier alpha value is -3.12. The van der Waals surface area contributed by atoms with Gasteiger partial charge in [-0.3, -0.25) is 0 Å². The summed E-state index contributed by atoms with van der Waals surface area (Å²) in [7, 11) is 0. The molecule has 0 spiro atoms. The van der Waals surface area contributed by atoms with Crippen LogP contribution in [0.2, 0.25) is 0 Å². The van der Waals surface area contributed by atoms with Crippen LogP contribution >= 0.6 is 12.2 Å². The minimum absolute atomic E-state index is 0.0300. The molecule has 0 N–H and O–H groups in total. The molecule has 0 bridgehead atoms. The maximum Gasteiger partial charge on any atom is 0.186 e. The fraction of sp³-hybridized carbons (Fsp3) is 0.160. The summed E-state index contributed by atoms with van der Waals surface area (Å²) in [4.78, 5) is 3.49. The Morgan fingerprint density at radius 3 is 2.10 bits per heavy atom. The van der Waals surface area contributed by atoms with Crippen LogP contribution in [0.15, 0.2) is 65.7 Å². The number of thiocarbonyl (C=S) groups is 1. The van der Waals surface area contributed by atoms with E-state index in [1.807, 2.05) is 29.4 Å². The lowest BCUT2D eigenvalue weighted by Crippen LogP contribution is -1.90. The predicted molar refractivity (Wildman–Crippen MR) is 118 cm³/mol. The number of unbranched alkanes of at least 4 members (excludes halogenated alkanes) is 1. The number of hydrogen-bond acceptors (Lipinski definition) is 2. The summed E-state index contributed by atoms with van der Waals surface area (Å²) in [5, 5.41) is 2.03. The van der Waals surface area contributed by atoms with Crippen LogP contribution in [0.1, 0.15) is 36.5 Å². The third-order valence-corrected chi connectivity index (χ3v) is 4.65.